The Kier molecular flexibility index (Phi) is 7.78. The third kappa shape index (κ3) is 6.00. The van der Waals surface area contributed by atoms with E-state index in [0.29, 0.717) is 11.3 Å². The third-order valence-corrected chi connectivity index (χ3v) is 8.17. The largest absolute Gasteiger partial charge is 0.369 e. The molecule has 6 rings (SSSR count). The van der Waals surface area contributed by atoms with Crippen LogP contribution in [0.5, 0.6) is 0 Å². The number of carbonyl (C=O) groups excluding carboxylic acids is 1. The molecule has 0 saturated carbocycles. The molecule has 3 aromatic rings. The molecule has 0 spiro atoms. The Hall–Kier alpha value is -4.49. The van der Waals surface area contributed by atoms with Gasteiger partial charge in [-0.25, -0.2) is 4.98 Å². The van der Waals surface area contributed by atoms with Gasteiger partial charge in [0.2, 0.25) is 5.91 Å². The number of H-pyrrole nitrogens is 1. The maximum absolute atomic E-state index is 12.5. The van der Waals surface area contributed by atoms with Crippen LogP contribution >= 0.6 is 0 Å². The van der Waals surface area contributed by atoms with Gasteiger partial charge >= 0.3 is 0 Å². The molecular formula is C34H35N5O2. The molecule has 0 bridgehead atoms. The van der Waals surface area contributed by atoms with Crippen LogP contribution in [0.1, 0.15) is 30.0 Å². The minimum absolute atomic E-state index is 0.0968. The van der Waals surface area contributed by atoms with Crippen LogP contribution in [0.15, 0.2) is 103 Å². The highest BCUT2D eigenvalue weighted by Gasteiger charge is 2.23. The van der Waals surface area contributed by atoms with E-state index in [4.69, 9.17) is 4.98 Å². The van der Waals surface area contributed by atoms with E-state index in [9.17, 15) is 9.59 Å². The monoisotopic (exact) mass is 545 g/mol. The lowest BCUT2D eigenvalue weighted by Gasteiger charge is -2.37. The summed E-state index contributed by atoms with van der Waals surface area (Å²) in [5.41, 5.74) is 5.81. The minimum atomic E-state index is -0.200. The van der Waals surface area contributed by atoms with Crippen LogP contribution < -0.4 is 15.8 Å². The molecule has 3 aliphatic rings. The van der Waals surface area contributed by atoms with E-state index in [0.717, 1.165) is 73.6 Å². The Morgan fingerprint density at radius 2 is 1.90 bits per heavy atom. The zero-order valence-electron chi connectivity index (χ0n) is 23.1. The Labute approximate surface area is 240 Å². The molecule has 2 aliphatic carbocycles. The molecule has 1 aromatic carbocycles. The summed E-state index contributed by atoms with van der Waals surface area (Å²) in [7, 11) is 0. The van der Waals surface area contributed by atoms with Crippen molar-refractivity contribution in [3.63, 3.8) is 0 Å². The number of anilines is 2. The normalized spacial score (nSPS) is 20.7. The van der Waals surface area contributed by atoms with E-state index in [2.05, 4.69) is 81.3 Å². The number of pyridine rings is 2. The van der Waals surface area contributed by atoms with Gasteiger partial charge in [-0.2, -0.15) is 0 Å². The SMILES string of the molecule is C=CC(=O)Nc1ccc(N2CCN(CC3C=CC(c4nc5cc[nH]c(=O)c5cc4C4C=CC=CC4)=CC3)CC2)cc1. The number of allylic oxidation sites excluding steroid dienone is 7. The minimum Gasteiger partial charge on any atom is -0.369 e. The number of piperazine rings is 1. The summed E-state index contributed by atoms with van der Waals surface area (Å²) < 4.78 is 0. The molecular weight excluding hydrogens is 510 g/mol. The summed E-state index contributed by atoms with van der Waals surface area (Å²) in [5, 5.41) is 3.44. The lowest BCUT2D eigenvalue weighted by Crippen LogP contribution is -2.47. The van der Waals surface area contributed by atoms with Gasteiger partial charge in [0, 0.05) is 56.2 Å². The standard InChI is InChI=1S/C34H35N5O2/c1-2-32(40)36-27-12-14-28(15-13-27)39-20-18-38(19-21-39)23-24-8-10-26(11-9-24)33-29(25-6-4-3-5-7-25)22-30-31(37-33)16-17-35-34(30)41/h2-6,8,10-17,22,24-25H,1,7,9,18-21,23H2,(H,35,41)(H,36,40). The molecule has 1 fully saturated rings. The number of hydrogen-bond acceptors (Lipinski definition) is 5. The smallest absolute Gasteiger partial charge is 0.257 e. The zero-order valence-corrected chi connectivity index (χ0v) is 23.1. The number of rotatable bonds is 7. The van der Waals surface area contributed by atoms with Crippen molar-refractivity contribution < 1.29 is 4.79 Å². The molecule has 2 unspecified atom stereocenters. The molecule has 1 saturated heterocycles. The number of aromatic amines is 1. The van der Waals surface area contributed by atoms with Gasteiger partial charge in [0.05, 0.1) is 16.6 Å². The van der Waals surface area contributed by atoms with Crippen LogP contribution in [0.3, 0.4) is 0 Å². The van der Waals surface area contributed by atoms with Gasteiger partial charge in [-0.1, -0.05) is 49.1 Å². The second-order valence-electron chi connectivity index (χ2n) is 10.9. The fourth-order valence-corrected chi connectivity index (χ4v) is 5.90. The predicted octanol–water partition coefficient (Wildman–Crippen LogP) is 5.43. The van der Waals surface area contributed by atoms with Crippen molar-refractivity contribution in [3.8, 4) is 0 Å². The summed E-state index contributed by atoms with van der Waals surface area (Å²) in [6.45, 7) is 8.51. The fourth-order valence-electron chi connectivity index (χ4n) is 5.90. The predicted molar refractivity (Wildman–Crippen MR) is 167 cm³/mol. The van der Waals surface area contributed by atoms with E-state index in [1.807, 2.05) is 24.3 Å². The summed E-state index contributed by atoms with van der Waals surface area (Å²) in [4.78, 5) is 36.8. The first-order valence-electron chi connectivity index (χ1n) is 14.3. The second kappa shape index (κ2) is 11.9. The molecule has 2 atom stereocenters. The lowest BCUT2D eigenvalue weighted by atomic mass is 9.86. The van der Waals surface area contributed by atoms with Gasteiger partial charge in [-0.3, -0.25) is 14.5 Å². The molecule has 2 aromatic heterocycles. The maximum Gasteiger partial charge on any atom is 0.257 e. The second-order valence-corrected chi connectivity index (χ2v) is 10.9. The summed E-state index contributed by atoms with van der Waals surface area (Å²) in [5.74, 6) is 0.466. The van der Waals surface area contributed by atoms with E-state index in [-0.39, 0.29) is 17.4 Å². The highest BCUT2D eigenvalue weighted by molar-refractivity contribution is 5.98. The highest BCUT2D eigenvalue weighted by atomic mass is 16.1. The first-order chi connectivity index (χ1) is 20.1. The number of hydrogen-bond donors (Lipinski definition) is 2. The van der Waals surface area contributed by atoms with Gasteiger partial charge in [-0.05, 0) is 72.4 Å². The summed E-state index contributed by atoms with van der Waals surface area (Å²) in [6, 6.07) is 11.9. The van der Waals surface area contributed by atoms with Crippen molar-refractivity contribution in [1.29, 1.82) is 0 Å². The Balaban J connectivity index is 1.09. The van der Waals surface area contributed by atoms with E-state index >= 15 is 0 Å². The lowest BCUT2D eigenvalue weighted by molar-refractivity contribution is -0.111. The summed E-state index contributed by atoms with van der Waals surface area (Å²) in [6.07, 6.45) is 20.2. The highest BCUT2D eigenvalue weighted by Crippen LogP contribution is 2.34. The molecule has 7 heteroatoms. The van der Waals surface area contributed by atoms with Gasteiger partial charge in [-0.15, -0.1) is 0 Å². The van der Waals surface area contributed by atoms with Crippen LogP contribution in [0.4, 0.5) is 11.4 Å². The average molecular weight is 546 g/mol. The molecule has 7 nitrogen and oxygen atoms in total. The molecule has 208 valence electrons. The molecule has 1 aliphatic heterocycles. The molecule has 41 heavy (non-hydrogen) atoms. The Bertz CT molecular complexity index is 1620. The topological polar surface area (TPSA) is 81.3 Å². The fraction of sp³-hybridized carbons (Fsp3) is 0.265. The Morgan fingerprint density at radius 3 is 2.61 bits per heavy atom. The van der Waals surface area contributed by atoms with Crippen molar-refractivity contribution >= 4 is 33.8 Å². The number of aromatic nitrogens is 2. The van der Waals surface area contributed by atoms with Crippen LogP contribution in [0, 0.1) is 5.92 Å². The van der Waals surface area contributed by atoms with Crippen molar-refractivity contribution in [3.05, 3.63) is 119 Å². The number of benzene rings is 1. The first kappa shape index (κ1) is 26.7. The van der Waals surface area contributed by atoms with Crippen LogP contribution in [0.25, 0.3) is 16.5 Å². The van der Waals surface area contributed by atoms with Gasteiger partial charge in [0.25, 0.3) is 5.56 Å². The molecule has 3 heterocycles. The number of nitrogens with zero attached hydrogens (tertiary/aromatic N) is 3. The van der Waals surface area contributed by atoms with E-state index < -0.39 is 0 Å². The molecule has 0 radical (unpaired) electrons. The van der Waals surface area contributed by atoms with E-state index in [1.165, 1.54) is 11.8 Å². The number of amides is 1. The molecule has 2 N–H and O–H groups in total. The average Bonchev–Trinajstić information content (AvgIpc) is 3.02. The molecule has 1 amide bonds. The maximum atomic E-state index is 12.5. The van der Waals surface area contributed by atoms with Crippen molar-refractivity contribution in [2.75, 3.05) is 42.9 Å². The van der Waals surface area contributed by atoms with Gasteiger partial charge in [0.1, 0.15) is 0 Å². The van der Waals surface area contributed by atoms with Gasteiger partial charge in [0.15, 0.2) is 0 Å². The van der Waals surface area contributed by atoms with Crippen LogP contribution in [0.2, 0.25) is 0 Å². The van der Waals surface area contributed by atoms with Crippen LogP contribution in [-0.2, 0) is 4.79 Å². The number of fused-ring (bicyclic) bond motifs is 1. The Morgan fingerprint density at radius 1 is 1.07 bits per heavy atom. The number of carbonyl (C=O) groups is 1. The third-order valence-electron chi connectivity index (χ3n) is 8.17. The van der Waals surface area contributed by atoms with Gasteiger partial charge < -0.3 is 15.2 Å². The van der Waals surface area contributed by atoms with Crippen molar-refractivity contribution in [1.82, 2.24) is 14.9 Å². The van der Waals surface area contributed by atoms with Crippen molar-refractivity contribution in [2.24, 2.45) is 5.92 Å². The number of nitrogens with one attached hydrogen (secondary N) is 2. The van der Waals surface area contributed by atoms with Crippen molar-refractivity contribution in [2.45, 2.75) is 18.8 Å². The first-order valence-corrected chi connectivity index (χ1v) is 14.3. The van der Waals surface area contributed by atoms with Crippen LogP contribution in [-0.4, -0.2) is 53.5 Å². The zero-order chi connectivity index (χ0) is 28.2. The van der Waals surface area contributed by atoms with E-state index in [1.54, 1.807) is 6.20 Å². The quantitative estimate of drug-likeness (QED) is 0.387. The summed E-state index contributed by atoms with van der Waals surface area (Å²) >= 11 is 0.